The van der Waals surface area contributed by atoms with Gasteiger partial charge in [0, 0.05) is 18.1 Å². The summed E-state index contributed by atoms with van der Waals surface area (Å²) in [6.07, 6.45) is -2.53. The molecule has 1 aromatic carbocycles. The van der Waals surface area contributed by atoms with Crippen LogP contribution in [0.4, 0.5) is 9.59 Å². The van der Waals surface area contributed by atoms with Gasteiger partial charge in [0.25, 0.3) is 0 Å². The highest BCUT2D eigenvalue weighted by Gasteiger charge is 2.32. The lowest BCUT2D eigenvalue weighted by Gasteiger charge is -2.35. The number of carboxylic acid groups (broad SMARTS) is 1. The third-order valence-electron chi connectivity index (χ3n) is 3.73. The van der Waals surface area contributed by atoms with Crippen molar-refractivity contribution in [3.05, 3.63) is 34.9 Å². The van der Waals surface area contributed by atoms with E-state index in [1.807, 2.05) is 6.07 Å². The van der Waals surface area contributed by atoms with Gasteiger partial charge in [-0.1, -0.05) is 23.7 Å². The molecule has 0 bridgehead atoms. The third-order valence-corrected chi connectivity index (χ3v) is 3.97. The quantitative estimate of drug-likeness (QED) is 0.742. The molecule has 1 heterocycles. The van der Waals surface area contributed by atoms with Crippen molar-refractivity contribution < 1.29 is 28.9 Å². The van der Waals surface area contributed by atoms with E-state index in [0.29, 0.717) is 11.6 Å². The molecule has 0 radical (unpaired) electrons. The minimum Gasteiger partial charge on any atom is -0.465 e. The van der Waals surface area contributed by atoms with E-state index in [2.05, 4.69) is 10.1 Å². The maximum atomic E-state index is 11.2. The standard InChI is InChI=1S/C16H21ClN2O6/c1-23-15(20)18-5-7-25-14(11-3-2-4-12(17)9-11)13-10-19(16(21)22)6-8-24-13/h2-4,9,13-14H,5-8,10H2,1H3,(H,18,20)(H,21,22). The second kappa shape index (κ2) is 9.45. The predicted molar refractivity (Wildman–Crippen MR) is 89.9 cm³/mol. The largest absolute Gasteiger partial charge is 0.465 e. The van der Waals surface area contributed by atoms with Gasteiger partial charge in [0.05, 0.1) is 26.9 Å². The Labute approximate surface area is 150 Å². The van der Waals surface area contributed by atoms with Gasteiger partial charge < -0.3 is 29.5 Å². The van der Waals surface area contributed by atoms with Gasteiger partial charge in [0.2, 0.25) is 0 Å². The number of alkyl carbamates (subject to hydrolysis) is 1. The Balaban J connectivity index is 2.06. The average Bonchev–Trinajstić information content (AvgIpc) is 2.61. The molecule has 0 aliphatic carbocycles. The summed E-state index contributed by atoms with van der Waals surface area (Å²) in [7, 11) is 1.28. The average molecular weight is 373 g/mol. The van der Waals surface area contributed by atoms with Crippen LogP contribution in [-0.4, -0.2) is 68.3 Å². The molecule has 25 heavy (non-hydrogen) atoms. The molecular formula is C16H21ClN2O6. The van der Waals surface area contributed by atoms with Gasteiger partial charge in [0.15, 0.2) is 0 Å². The number of hydrogen-bond acceptors (Lipinski definition) is 5. The van der Waals surface area contributed by atoms with Crippen LogP contribution in [0.2, 0.25) is 5.02 Å². The number of ether oxygens (including phenoxy) is 3. The fourth-order valence-corrected chi connectivity index (χ4v) is 2.74. The maximum absolute atomic E-state index is 11.2. The highest BCUT2D eigenvalue weighted by molar-refractivity contribution is 6.30. The number of amides is 2. The van der Waals surface area contributed by atoms with E-state index in [1.165, 1.54) is 12.0 Å². The third kappa shape index (κ3) is 5.77. The van der Waals surface area contributed by atoms with Crippen LogP contribution in [0.1, 0.15) is 11.7 Å². The molecule has 8 nitrogen and oxygen atoms in total. The van der Waals surface area contributed by atoms with Crippen molar-refractivity contribution in [2.75, 3.05) is 40.0 Å². The number of hydrogen-bond donors (Lipinski definition) is 2. The molecule has 2 unspecified atom stereocenters. The monoisotopic (exact) mass is 372 g/mol. The highest BCUT2D eigenvalue weighted by Crippen LogP contribution is 2.28. The molecule has 1 aromatic rings. The van der Waals surface area contributed by atoms with Gasteiger partial charge in [0.1, 0.15) is 12.2 Å². The van der Waals surface area contributed by atoms with Crippen molar-refractivity contribution in [2.24, 2.45) is 0 Å². The lowest BCUT2D eigenvalue weighted by Crippen LogP contribution is -2.47. The number of carbonyl (C=O) groups excluding carboxylic acids is 1. The number of benzene rings is 1. The molecular weight excluding hydrogens is 352 g/mol. The number of morpholine rings is 1. The Morgan fingerprint density at radius 1 is 1.52 bits per heavy atom. The summed E-state index contributed by atoms with van der Waals surface area (Å²) >= 11 is 6.05. The molecule has 2 rings (SSSR count). The number of rotatable bonds is 6. The minimum atomic E-state index is -0.995. The van der Waals surface area contributed by atoms with Gasteiger partial charge >= 0.3 is 12.2 Å². The SMILES string of the molecule is COC(=O)NCCOC(c1cccc(Cl)c1)C1CN(C(=O)O)CCO1. The number of nitrogens with one attached hydrogen (secondary N) is 1. The smallest absolute Gasteiger partial charge is 0.407 e. The molecule has 2 N–H and O–H groups in total. The molecule has 1 aliphatic heterocycles. The summed E-state index contributed by atoms with van der Waals surface area (Å²) < 4.78 is 16.1. The fourth-order valence-electron chi connectivity index (χ4n) is 2.55. The lowest BCUT2D eigenvalue weighted by atomic mass is 10.0. The van der Waals surface area contributed by atoms with Crippen LogP contribution in [-0.2, 0) is 14.2 Å². The molecule has 0 spiro atoms. The van der Waals surface area contributed by atoms with E-state index in [9.17, 15) is 14.7 Å². The number of methoxy groups -OCH3 is 1. The van der Waals surface area contributed by atoms with Crippen LogP contribution < -0.4 is 5.32 Å². The summed E-state index contributed by atoms with van der Waals surface area (Å²) in [5.74, 6) is 0. The molecule has 9 heteroatoms. The first-order chi connectivity index (χ1) is 12.0. The zero-order chi connectivity index (χ0) is 18.2. The zero-order valence-electron chi connectivity index (χ0n) is 13.8. The van der Waals surface area contributed by atoms with Crippen LogP contribution in [0.5, 0.6) is 0 Å². The molecule has 0 saturated carbocycles. The Morgan fingerprint density at radius 3 is 3.00 bits per heavy atom. The zero-order valence-corrected chi connectivity index (χ0v) is 14.6. The van der Waals surface area contributed by atoms with Crippen LogP contribution in [0.15, 0.2) is 24.3 Å². The lowest BCUT2D eigenvalue weighted by molar-refractivity contribution is -0.108. The molecule has 0 aromatic heterocycles. The van der Waals surface area contributed by atoms with E-state index in [1.54, 1.807) is 18.2 Å². The molecule has 2 atom stereocenters. The van der Waals surface area contributed by atoms with E-state index in [-0.39, 0.29) is 26.3 Å². The summed E-state index contributed by atoms with van der Waals surface area (Å²) in [5, 5.41) is 12.3. The van der Waals surface area contributed by atoms with E-state index in [4.69, 9.17) is 21.1 Å². The van der Waals surface area contributed by atoms with Crippen molar-refractivity contribution in [2.45, 2.75) is 12.2 Å². The maximum Gasteiger partial charge on any atom is 0.407 e. The second-order valence-electron chi connectivity index (χ2n) is 5.40. The van der Waals surface area contributed by atoms with E-state index >= 15 is 0 Å². The van der Waals surface area contributed by atoms with Crippen molar-refractivity contribution in [1.82, 2.24) is 10.2 Å². The first kappa shape index (κ1) is 19.3. The first-order valence-electron chi connectivity index (χ1n) is 7.79. The number of carbonyl (C=O) groups is 2. The van der Waals surface area contributed by atoms with Gasteiger partial charge in [-0.2, -0.15) is 0 Å². The summed E-state index contributed by atoms with van der Waals surface area (Å²) in [6.45, 7) is 1.26. The molecule has 1 aliphatic rings. The Morgan fingerprint density at radius 2 is 2.32 bits per heavy atom. The predicted octanol–water partition coefficient (Wildman–Crippen LogP) is 2.13. The number of nitrogens with zero attached hydrogens (tertiary/aromatic N) is 1. The second-order valence-corrected chi connectivity index (χ2v) is 5.84. The van der Waals surface area contributed by atoms with E-state index < -0.39 is 24.4 Å². The van der Waals surface area contributed by atoms with Crippen molar-refractivity contribution in [1.29, 1.82) is 0 Å². The molecule has 2 amide bonds. The normalized spacial score (nSPS) is 18.5. The molecule has 138 valence electrons. The Hall–Kier alpha value is -2.03. The first-order valence-corrected chi connectivity index (χ1v) is 8.17. The Kier molecular flexibility index (Phi) is 7.30. The van der Waals surface area contributed by atoms with Gasteiger partial charge in [-0.15, -0.1) is 0 Å². The highest BCUT2D eigenvalue weighted by atomic mass is 35.5. The van der Waals surface area contributed by atoms with Crippen LogP contribution >= 0.6 is 11.6 Å². The van der Waals surface area contributed by atoms with Crippen molar-refractivity contribution >= 4 is 23.8 Å². The van der Waals surface area contributed by atoms with Crippen molar-refractivity contribution in [3.8, 4) is 0 Å². The fraction of sp³-hybridized carbons (Fsp3) is 0.500. The molecule has 1 fully saturated rings. The topological polar surface area (TPSA) is 97.3 Å². The summed E-state index contributed by atoms with van der Waals surface area (Å²) in [4.78, 5) is 23.6. The van der Waals surface area contributed by atoms with Crippen molar-refractivity contribution in [3.63, 3.8) is 0 Å². The number of halogens is 1. The van der Waals surface area contributed by atoms with Gasteiger partial charge in [-0.3, -0.25) is 0 Å². The summed E-state index contributed by atoms with van der Waals surface area (Å²) in [6, 6.07) is 7.13. The minimum absolute atomic E-state index is 0.191. The van der Waals surface area contributed by atoms with Crippen LogP contribution in [0.25, 0.3) is 0 Å². The molecule has 1 saturated heterocycles. The Bertz CT molecular complexity index is 600. The van der Waals surface area contributed by atoms with Gasteiger partial charge in [-0.25, -0.2) is 9.59 Å². The van der Waals surface area contributed by atoms with Crippen LogP contribution in [0.3, 0.4) is 0 Å². The van der Waals surface area contributed by atoms with Crippen LogP contribution in [0, 0.1) is 0 Å². The van der Waals surface area contributed by atoms with Gasteiger partial charge in [-0.05, 0) is 17.7 Å². The van der Waals surface area contributed by atoms with E-state index in [0.717, 1.165) is 5.56 Å². The summed E-state index contributed by atoms with van der Waals surface area (Å²) in [5.41, 5.74) is 0.780.